The molecule has 2 rings (SSSR count). The number of ether oxygens (including phenoxy) is 1. The largest absolute Gasteiger partial charge is 0.508 e. The zero-order valence-corrected chi connectivity index (χ0v) is 10.2. The van der Waals surface area contributed by atoms with Crippen LogP contribution in [0.5, 0.6) is 11.5 Å². The molecule has 1 aliphatic heterocycles. The van der Waals surface area contributed by atoms with Crippen LogP contribution in [-0.2, 0) is 0 Å². The number of phenols is 1. The summed E-state index contributed by atoms with van der Waals surface area (Å²) in [4.78, 5) is 10.8. The van der Waals surface area contributed by atoms with E-state index in [1.165, 1.54) is 18.2 Å². The molecule has 0 bridgehead atoms. The molecule has 0 saturated heterocycles. The molecule has 1 unspecified atom stereocenters. The van der Waals surface area contributed by atoms with Gasteiger partial charge in [-0.2, -0.15) is 0 Å². The third kappa shape index (κ3) is 1.80. The van der Waals surface area contributed by atoms with Crippen LogP contribution in [0.15, 0.2) is 18.2 Å². The summed E-state index contributed by atoms with van der Waals surface area (Å²) in [6, 6.07) is 3.85. The normalized spacial score (nSPS) is 21.8. The number of rotatable bonds is 2. The number of carbonyl (C=O) groups is 1. The highest BCUT2D eigenvalue weighted by atomic mass is 79.9. The third-order valence-corrected chi connectivity index (χ3v) is 3.94. The highest BCUT2D eigenvalue weighted by Crippen LogP contribution is 2.39. The number of phenolic OH excluding ortho intramolecular Hbond substituents is 1. The second kappa shape index (κ2) is 4.25. The van der Waals surface area contributed by atoms with E-state index in [4.69, 9.17) is 4.74 Å². The van der Waals surface area contributed by atoms with E-state index >= 15 is 0 Å². The average molecular weight is 307 g/mol. The van der Waals surface area contributed by atoms with Crippen molar-refractivity contribution < 1.29 is 23.4 Å². The van der Waals surface area contributed by atoms with E-state index in [0.29, 0.717) is 0 Å². The molecule has 0 saturated carbocycles. The van der Waals surface area contributed by atoms with Crippen LogP contribution >= 0.6 is 15.9 Å². The molecule has 0 aliphatic carbocycles. The topological polar surface area (TPSA) is 46.5 Å². The first-order valence-corrected chi connectivity index (χ1v) is 5.78. The second-order valence-corrected chi connectivity index (χ2v) is 4.76. The van der Waals surface area contributed by atoms with Gasteiger partial charge in [0, 0.05) is 6.07 Å². The first kappa shape index (κ1) is 12.3. The van der Waals surface area contributed by atoms with Gasteiger partial charge in [0.05, 0.1) is 5.56 Å². The first-order chi connectivity index (χ1) is 8.04. The van der Waals surface area contributed by atoms with Gasteiger partial charge in [-0.05, 0) is 12.1 Å². The minimum Gasteiger partial charge on any atom is -0.508 e. The number of halogens is 3. The minimum atomic E-state index is -1.85. The molecule has 1 aromatic rings. The monoisotopic (exact) mass is 306 g/mol. The summed E-state index contributed by atoms with van der Waals surface area (Å²) in [5, 5.41) is 9.27. The number of benzene rings is 1. The number of fused-ring (bicyclic) bond motifs is 1. The number of alkyl halides is 3. The van der Waals surface area contributed by atoms with Crippen molar-refractivity contribution in [3.8, 4) is 11.5 Å². The summed E-state index contributed by atoms with van der Waals surface area (Å²) in [5.41, 5.74) is -1.65. The van der Waals surface area contributed by atoms with E-state index < -0.39 is 29.6 Å². The van der Waals surface area contributed by atoms with Crippen LogP contribution in [0.25, 0.3) is 0 Å². The van der Waals surface area contributed by atoms with Gasteiger partial charge in [-0.3, -0.25) is 4.79 Å². The molecule has 1 atom stereocenters. The van der Waals surface area contributed by atoms with E-state index in [-0.39, 0.29) is 17.1 Å². The fourth-order valence-electron chi connectivity index (χ4n) is 1.67. The van der Waals surface area contributed by atoms with Crippen LogP contribution in [-0.4, -0.2) is 34.7 Å². The highest BCUT2D eigenvalue weighted by molar-refractivity contribution is 9.10. The molecule has 0 fully saturated rings. The Kier molecular flexibility index (Phi) is 3.07. The standard InChI is InChI=1S/C11H9BrF2O3/c12-10-9(16)7-2-1-6(15)3-8(7)17-11(10,4-13)5-14/h1-3,10,15H,4-5H2. The molecular formula is C11H9BrF2O3. The van der Waals surface area contributed by atoms with Crippen molar-refractivity contribution in [3.05, 3.63) is 23.8 Å². The Morgan fingerprint density at radius 1 is 1.41 bits per heavy atom. The predicted octanol–water partition coefficient (Wildman–Crippen LogP) is 2.41. The van der Waals surface area contributed by atoms with Crippen molar-refractivity contribution >= 4 is 21.7 Å². The molecule has 92 valence electrons. The van der Waals surface area contributed by atoms with Crippen molar-refractivity contribution in [3.63, 3.8) is 0 Å². The zero-order chi connectivity index (χ0) is 12.6. The molecule has 1 aromatic carbocycles. The van der Waals surface area contributed by atoms with Crippen molar-refractivity contribution in [2.75, 3.05) is 13.3 Å². The van der Waals surface area contributed by atoms with Crippen LogP contribution in [0.4, 0.5) is 8.78 Å². The lowest BCUT2D eigenvalue weighted by molar-refractivity contribution is 0.0102. The summed E-state index contributed by atoms with van der Waals surface area (Å²) in [6.07, 6.45) is 0. The van der Waals surface area contributed by atoms with E-state index in [1.807, 2.05) is 0 Å². The van der Waals surface area contributed by atoms with Gasteiger partial charge < -0.3 is 9.84 Å². The van der Waals surface area contributed by atoms with Gasteiger partial charge >= 0.3 is 0 Å². The molecule has 6 heteroatoms. The van der Waals surface area contributed by atoms with Gasteiger partial charge in [-0.25, -0.2) is 8.78 Å². The lowest BCUT2D eigenvalue weighted by atomic mass is 9.91. The number of carbonyl (C=O) groups excluding carboxylic acids is 1. The molecule has 0 amide bonds. The fourth-order valence-corrected chi connectivity index (χ4v) is 2.26. The van der Waals surface area contributed by atoms with Crippen molar-refractivity contribution in [2.24, 2.45) is 0 Å². The Hall–Kier alpha value is -1.17. The number of hydrogen-bond acceptors (Lipinski definition) is 3. The number of hydrogen-bond donors (Lipinski definition) is 1. The summed E-state index contributed by atoms with van der Waals surface area (Å²) < 4.78 is 31.1. The van der Waals surface area contributed by atoms with Gasteiger partial charge in [-0.15, -0.1) is 0 Å². The molecule has 0 aromatic heterocycles. The molecule has 0 radical (unpaired) electrons. The van der Waals surface area contributed by atoms with Crippen molar-refractivity contribution in [1.82, 2.24) is 0 Å². The highest BCUT2D eigenvalue weighted by Gasteiger charge is 2.49. The fraction of sp³-hybridized carbons (Fsp3) is 0.364. The number of aromatic hydroxyl groups is 1. The molecule has 3 nitrogen and oxygen atoms in total. The van der Waals surface area contributed by atoms with Gasteiger partial charge in [-0.1, -0.05) is 15.9 Å². The van der Waals surface area contributed by atoms with Crippen molar-refractivity contribution in [2.45, 2.75) is 10.4 Å². The maximum atomic E-state index is 12.9. The second-order valence-electron chi connectivity index (χ2n) is 3.84. The Bertz CT molecular complexity index is 460. The van der Waals surface area contributed by atoms with E-state index in [2.05, 4.69) is 15.9 Å². The average Bonchev–Trinajstić information content (AvgIpc) is 2.33. The van der Waals surface area contributed by atoms with Gasteiger partial charge in [0.1, 0.15) is 29.7 Å². The molecule has 1 aliphatic rings. The van der Waals surface area contributed by atoms with E-state index in [0.717, 1.165) is 0 Å². The quantitative estimate of drug-likeness (QED) is 0.854. The predicted molar refractivity (Wildman–Crippen MR) is 60.5 cm³/mol. The van der Waals surface area contributed by atoms with E-state index in [1.54, 1.807) is 0 Å². The third-order valence-electron chi connectivity index (χ3n) is 2.69. The summed E-state index contributed by atoms with van der Waals surface area (Å²) in [5.74, 6) is -0.585. The Morgan fingerprint density at radius 2 is 2.06 bits per heavy atom. The van der Waals surface area contributed by atoms with Crippen LogP contribution in [0.2, 0.25) is 0 Å². The molecule has 1 N–H and O–H groups in total. The van der Waals surface area contributed by atoms with Crippen molar-refractivity contribution in [1.29, 1.82) is 0 Å². The Labute approximate surface area is 105 Å². The maximum Gasteiger partial charge on any atom is 0.185 e. The minimum absolute atomic E-state index is 0.000926. The first-order valence-electron chi connectivity index (χ1n) is 4.86. The molecular weight excluding hydrogens is 298 g/mol. The number of Topliss-reactive ketones (excluding diaryl/α,β-unsaturated/α-hetero) is 1. The van der Waals surface area contributed by atoms with E-state index in [9.17, 15) is 18.7 Å². The lowest BCUT2D eigenvalue weighted by Crippen LogP contribution is -2.55. The molecule has 1 heterocycles. The number of ketones is 1. The molecule has 0 spiro atoms. The van der Waals surface area contributed by atoms with Crippen LogP contribution < -0.4 is 4.74 Å². The smallest absolute Gasteiger partial charge is 0.185 e. The van der Waals surface area contributed by atoms with Gasteiger partial charge in [0.25, 0.3) is 0 Å². The van der Waals surface area contributed by atoms with Crippen LogP contribution in [0.1, 0.15) is 10.4 Å². The van der Waals surface area contributed by atoms with Crippen LogP contribution in [0.3, 0.4) is 0 Å². The van der Waals surface area contributed by atoms with Crippen LogP contribution in [0, 0.1) is 0 Å². The Morgan fingerprint density at radius 3 is 2.65 bits per heavy atom. The van der Waals surface area contributed by atoms with Gasteiger partial charge in [0.15, 0.2) is 11.4 Å². The lowest BCUT2D eigenvalue weighted by Gasteiger charge is -2.37. The Balaban J connectivity index is 2.53. The van der Waals surface area contributed by atoms with Gasteiger partial charge in [0.2, 0.25) is 0 Å². The summed E-state index contributed by atoms with van der Waals surface area (Å²) in [7, 11) is 0. The SMILES string of the molecule is O=C1c2ccc(O)cc2OC(CF)(CF)C1Br. The zero-order valence-electron chi connectivity index (χ0n) is 8.62. The molecule has 17 heavy (non-hydrogen) atoms. The maximum absolute atomic E-state index is 12.9. The summed E-state index contributed by atoms with van der Waals surface area (Å²) in [6.45, 7) is -2.28. The summed E-state index contributed by atoms with van der Waals surface area (Å²) >= 11 is 2.97.